The second-order valence-corrected chi connectivity index (χ2v) is 4.85. The Bertz CT molecular complexity index is 403. The molecule has 1 rings (SSSR count). The molecule has 0 heterocycles. The minimum Gasteiger partial charge on any atom is -0.330 e. The number of aryl methyl sites for hydroxylation is 1. The van der Waals surface area contributed by atoms with Gasteiger partial charge < -0.3 is 5.73 Å². The zero-order valence-electron chi connectivity index (χ0n) is 9.05. The highest BCUT2D eigenvalue weighted by Gasteiger charge is 2.13. The molecule has 0 fully saturated rings. The molecule has 4 nitrogen and oxygen atoms in total. The van der Waals surface area contributed by atoms with Gasteiger partial charge >= 0.3 is 0 Å². The average molecular weight is 357 g/mol. The van der Waals surface area contributed by atoms with Crippen molar-refractivity contribution in [2.75, 3.05) is 13.2 Å². The molecule has 92 valence electrons. The fraction of sp³-hybridized carbons (Fsp3) is 0.400. The van der Waals surface area contributed by atoms with Crippen LogP contribution in [0, 0.1) is 6.92 Å². The number of rotatable bonds is 5. The average Bonchev–Trinajstić information content (AvgIpc) is 2.18. The molecule has 0 unspecified atom stereocenters. The number of hydrogen-bond donors (Lipinski definition) is 1. The molecular formula is C10H16INO3S. The summed E-state index contributed by atoms with van der Waals surface area (Å²) in [4.78, 5) is 0.185. The standard InChI is InChI=1S/C10H15NO3S.HI/c1-9-3-5-10(6-4-9)15(12,13)14-8-2-7-11;/h3-6H,2,7-8,11H2,1H3;1H. The van der Waals surface area contributed by atoms with Gasteiger partial charge in [0.2, 0.25) is 0 Å². The summed E-state index contributed by atoms with van der Waals surface area (Å²) in [7, 11) is -3.60. The molecule has 0 spiro atoms. The molecule has 0 aromatic heterocycles. The van der Waals surface area contributed by atoms with Crippen LogP contribution in [0.25, 0.3) is 0 Å². The minimum atomic E-state index is -3.60. The first-order chi connectivity index (χ1) is 7.06. The van der Waals surface area contributed by atoms with Gasteiger partial charge in [-0.05, 0) is 32.0 Å². The van der Waals surface area contributed by atoms with Crippen LogP contribution in [-0.4, -0.2) is 21.6 Å². The predicted molar refractivity (Wildman–Crippen MR) is 73.4 cm³/mol. The Morgan fingerprint density at radius 2 is 1.81 bits per heavy atom. The molecule has 6 heteroatoms. The highest BCUT2D eigenvalue weighted by Crippen LogP contribution is 2.13. The fourth-order valence-electron chi connectivity index (χ4n) is 1.02. The summed E-state index contributed by atoms with van der Waals surface area (Å²) < 4.78 is 27.9. The molecule has 1 aromatic rings. The minimum absolute atomic E-state index is 0. The van der Waals surface area contributed by atoms with E-state index in [-0.39, 0.29) is 35.5 Å². The van der Waals surface area contributed by atoms with Crippen LogP contribution in [0.4, 0.5) is 0 Å². The van der Waals surface area contributed by atoms with E-state index in [0.717, 1.165) is 5.56 Å². The lowest BCUT2D eigenvalue weighted by molar-refractivity contribution is 0.314. The van der Waals surface area contributed by atoms with Crippen molar-refractivity contribution in [1.82, 2.24) is 0 Å². The van der Waals surface area contributed by atoms with Crippen LogP contribution in [0.1, 0.15) is 12.0 Å². The molecule has 1 aromatic carbocycles. The van der Waals surface area contributed by atoms with Gasteiger partial charge in [-0.25, -0.2) is 0 Å². The van der Waals surface area contributed by atoms with Crippen LogP contribution in [-0.2, 0) is 14.3 Å². The molecule has 0 aliphatic carbocycles. The van der Waals surface area contributed by atoms with Crippen LogP contribution < -0.4 is 5.73 Å². The second kappa shape index (κ2) is 7.21. The monoisotopic (exact) mass is 357 g/mol. The number of halogens is 1. The topological polar surface area (TPSA) is 69.4 Å². The van der Waals surface area contributed by atoms with Crippen molar-refractivity contribution in [1.29, 1.82) is 0 Å². The number of hydrogen-bond acceptors (Lipinski definition) is 4. The van der Waals surface area contributed by atoms with E-state index in [1.54, 1.807) is 12.1 Å². The summed E-state index contributed by atoms with van der Waals surface area (Å²) in [5.41, 5.74) is 6.25. The van der Waals surface area contributed by atoms with Crippen LogP contribution >= 0.6 is 24.0 Å². The van der Waals surface area contributed by atoms with Crippen molar-refractivity contribution in [2.45, 2.75) is 18.2 Å². The van der Waals surface area contributed by atoms with Crippen LogP contribution in [0.15, 0.2) is 29.2 Å². The predicted octanol–water partition coefficient (Wildman–Crippen LogP) is 1.67. The first-order valence-corrected chi connectivity index (χ1v) is 6.13. The van der Waals surface area contributed by atoms with Crippen LogP contribution in [0.5, 0.6) is 0 Å². The lowest BCUT2D eigenvalue weighted by Gasteiger charge is -2.04. The van der Waals surface area contributed by atoms with Gasteiger partial charge in [-0.15, -0.1) is 24.0 Å². The first kappa shape index (κ1) is 15.8. The quantitative estimate of drug-likeness (QED) is 0.495. The van der Waals surface area contributed by atoms with E-state index in [9.17, 15) is 8.42 Å². The maximum Gasteiger partial charge on any atom is 0.296 e. The SMILES string of the molecule is Cc1ccc(S(=O)(=O)OCCCN)cc1.I. The molecule has 2 N–H and O–H groups in total. The van der Waals surface area contributed by atoms with Gasteiger partial charge in [0.25, 0.3) is 10.1 Å². The van der Waals surface area contributed by atoms with E-state index in [2.05, 4.69) is 0 Å². The number of nitrogens with two attached hydrogens (primary N) is 1. The van der Waals surface area contributed by atoms with Gasteiger partial charge in [0.05, 0.1) is 11.5 Å². The zero-order valence-corrected chi connectivity index (χ0v) is 12.2. The lowest BCUT2D eigenvalue weighted by Crippen LogP contribution is -2.10. The molecule has 0 saturated carbocycles. The zero-order chi connectivity index (χ0) is 11.3. The Morgan fingerprint density at radius 3 is 2.31 bits per heavy atom. The summed E-state index contributed by atoms with van der Waals surface area (Å²) in [5, 5.41) is 0. The third-order valence-corrected chi connectivity index (χ3v) is 3.22. The Balaban J connectivity index is 0.00000225. The Hall–Kier alpha value is -0.180. The summed E-state index contributed by atoms with van der Waals surface area (Å²) in [6, 6.07) is 6.54. The fourth-order valence-corrected chi connectivity index (χ4v) is 1.97. The molecule has 0 radical (unpaired) electrons. The van der Waals surface area contributed by atoms with Gasteiger partial charge in [-0.2, -0.15) is 8.42 Å². The molecule has 0 saturated heterocycles. The molecular weight excluding hydrogens is 341 g/mol. The smallest absolute Gasteiger partial charge is 0.296 e. The molecule has 0 amide bonds. The van der Waals surface area contributed by atoms with Crippen molar-refractivity contribution < 1.29 is 12.6 Å². The van der Waals surface area contributed by atoms with E-state index >= 15 is 0 Å². The Kier molecular flexibility index (Phi) is 7.12. The third kappa shape index (κ3) is 4.77. The van der Waals surface area contributed by atoms with E-state index in [0.29, 0.717) is 13.0 Å². The first-order valence-electron chi connectivity index (χ1n) is 4.72. The summed E-state index contributed by atoms with van der Waals surface area (Å²) in [6.45, 7) is 2.45. The molecule has 0 aliphatic heterocycles. The maximum atomic E-state index is 11.6. The van der Waals surface area contributed by atoms with Crippen LogP contribution in [0.3, 0.4) is 0 Å². The highest BCUT2D eigenvalue weighted by molar-refractivity contribution is 14.0. The normalized spacial score (nSPS) is 10.9. The van der Waals surface area contributed by atoms with Crippen molar-refractivity contribution in [3.8, 4) is 0 Å². The van der Waals surface area contributed by atoms with E-state index < -0.39 is 10.1 Å². The molecule has 16 heavy (non-hydrogen) atoms. The molecule has 0 atom stereocenters. The highest BCUT2D eigenvalue weighted by atomic mass is 127. The van der Waals surface area contributed by atoms with Gasteiger partial charge in [-0.3, -0.25) is 4.18 Å². The van der Waals surface area contributed by atoms with Crippen molar-refractivity contribution in [3.05, 3.63) is 29.8 Å². The van der Waals surface area contributed by atoms with E-state index in [1.807, 2.05) is 6.92 Å². The second-order valence-electron chi connectivity index (χ2n) is 3.23. The van der Waals surface area contributed by atoms with Crippen LogP contribution in [0.2, 0.25) is 0 Å². The summed E-state index contributed by atoms with van der Waals surface area (Å²) >= 11 is 0. The van der Waals surface area contributed by atoms with Crippen molar-refractivity contribution >= 4 is 34.1 Å². The van der Waals surface area contributed by atoms with E-state index in [4.69, 9.17) is 9.92 Å². The largest absolute Gasteiger partial charge is 0.330 e. The van der Waals surface area contributed by atoms with E-state index in [1.165, 1.54) is 12.1 Å². The Labute approximate surface area is 113 Å². The summed E-state index contributed by atoms with van der Waals surface area (Å²) in [6.07, 6.45) is 0.533. The van der Waals surface area contributed by atoms with Gasteiger partial charge in [0, 0.05) is 0 Å². The van der Waals surface area contributed by atoms with Gasteiger partial charge in [-0.1, -0.05) is 17.7 Å². The van der Waals surface area contributed by atoms with Gasteiger partial charge in [0.15, 0.2) is 0 Å². The maximum absolute atomic E-state index is 11.6. The molecule has 0 aliphatic rings. The van der Waals surface area contributed by atoms with Gasteiger partial charge in [0.1, 0.15) is 0 Å². The van der Waals surface area contributed by atoms with Crippen molar-refractivity contribution in [2.24, 2.45) is 5.73 Å². The lowest BCUT2D eigenvalue weighted by atomic mass is 10.2. The molecule has 0 bridgehead atoms. The third-order valence-electron chi connectivity index (χ3n) is 1.90. The number of benzene rings is 1. The van der Waals surface area contributed by atoms with Crippen molar-refractivity contribution in [3.63, 3.8) is 0 Å². The summed E-state index contributed by atoms with van der Waals surface area (Å²) in [5.74, 6) is 0. The Morgan fingerprint density at radius 1 is 1.25 bits per heavy atom.